The Morgan fingerprint density at radius 3 is 2.38 bits per heavy atom. The summed E-state index contributed by atoms with van der Waals surface area (Å²) in [4.78, 5) is 0. The fourth-order valence-corrected chi connectivity index (χ4v) is 1.15. The van der Waals surface area contributed by atoms with Crippen molar-refractivity contribution >= 4 is 11.8 Å². The van der Waals surface area contributed by atoms with Gasteiger partial charge in [-0.2, -0.15) is 11.8 Å². The first-order valence-corrected chi connectivity index (χ1v) is 6.01. The molecule has 0 aromatic carbocycles. The molecule has 0 radical (unpaired) electrons. The molecule has 0 atom stereocenters. The van der Waals surface area contributed by atoms with Crippen LogP contribution in [0.1, 0.15) is 27.7 Å². The summed E-state index contributed by atoms with van der Waals surface area (Å²) in [6.07, 6.45) is 8.11. The quantitative estimate of drug-likeness (QED) is 0.588. The average Bonchev–Trinajstić information content (AvgIpc) is 2.18. The third-order valence-corrected chi connectivity index (χ3v) is 2.11. The van der Waals surface area contributed by atoms with E-state index in [1.54, 1.807) is 0 Å². The highest BCUT2D eigenvalue weighted by atomic mass is 32.2. The van der Waals surface area contributed by atoms with Crippen LogP contribution in [0, 0.1) is 0 Å². The first kappa shape index (κ1) is 15.1. The molecule has 0 aliphatic heterocycles. The molecule has 13 heavy (non-hydrogen) atoms. The van der Waals surface area contributed by atoms with E-state index in [-0.39, 0.29) is 0 Å². The molecule has 0 bridgehead atoms. The molecule has 0 unspecified atom stereocenters. The summed E-state index contributed by atoms with van der Waals surface area (Å²) in [5, 5.41) is 0. The van der Waals surface area contributed by atoms with Crippen molar-refractivity contribution in [2.75, 3.05) is 11.5 Å². The zero-order valence-corrected chi connectivity index (χ0v) is 10.2. The second-order valence-corrected chi connectivity index (χ2v) is 3.45. The van der Waals surface area contributed by atoms with Crippen molar-refractivity contribution in [1.82, 2.24) is 0 Å². The summed E-state index contributed by atoms with van der Waals surface area (Å²) in [6.45, 7) is 12.1. The molecular formula is C12H22S. The van der Waals surface area contributed by atoms with Crippen molar-refractivity contribution < 1.29 is 0 Å². The molecule has 0 heterocycles. The average molecular weight is 198 g/mol. The minimum atomic E-state index is 1.05. The third-order valence-electron chi connectivity index (χ3n) is 1.13. The van der Waals surface area contributed by atoms with Gasteiger partial charge in [-0.05, 0) is 18.2 Å². The Kier molecular flexibility index (Phi) is 16.4. The van der Waals surface area contributed by atoms with E-state index in [0.29, 0.717) is 0 Å². The van der Waals surface area contributed by atoms with Gasteiger partial charge in [0.1, 0.15) is 0 Å². The molecule has 76 valence electrons. The lowest BCUT2D eigenvalue weighted by atomic mass is 10.3. The number of hydrogen-bond donors (Lipinski definition) is 0. The van der Waals surface area contributed by atoms with Crippen LogP contribution < -0.4 is 0 Å². The standard InChI is InChI=1S/C10H16S.C2H6/c1-4-6-7-8-10(3)9-11-5-2;1-2/h4,6-8H,3,5,9H2,1-2H3;1-2H3/b6-4-,8-7-;. The van der Waals surface area contributed by atoms with Crippen molar-refractivity contribution in [3.63, 3.8) is 0 Å². The van der Waals surface area contributed by atoms with E-state index in [1.165, 1.54) is 5.57 Å². The SMILES string of the molecule is C=C(/C=C\C=C/C)CSCC.CC. The largest absolute Gasteiger partial charge is 0.158 e. The number of allylic oxidation sites excluding steroid dienone is 4. The number of thioether (sulfide) groups is 1. The third kappa shape index (κ3) is 14.4. The normalized spacial score (nSPS) is 10.2. The Hall–Kier alpha value is -0.430. The van der Waals surface area contributed by atoms with Gasteiger partial charge in [0.25, 0.3) is 0 Å². The Morgan fingerprint density at radius 2 is 1.92 bits per heavy atom. The van der Waals surface area contributed by atoms with Gasteiger partial charge in [-0.25, -0.2) is 0 Å². The van der Waals surface area contributed by atoms with E-state index < -0.39 is 0 Å². The first-order chi connectivity index (χ1) is 6.31. The van der Waals surface area contributed by atoms with E-state index >= 15 is 0 Å². The topological polar surface area (TPSA) is 0 Å². The van der Waals surface area contributed by atoms with Crippen LogP contribution in [0.4, 0.5) is 0 Å². The van der Waals surface area contributed by atoms with Crippen LogP contribution in [0.25, 0.3) is 0 Å². The molecule has 0 saturated heterocycles. The van der Waals surface area contributed by atoms with Crippen molar-refractivity contribution in [3.05, 3.63) is 36.5 Å². The predicted octanol–water partition coefficient (Wildman–Crippen LogP) is 4.45. The van der Waals surface area contributed by atoms with Gasteiger partial charge in [-0.1, -0.05) is 51.7 Å². The van der Waals surface area contributed by atoms with Gasteiger partial charge in [0, 0.05) is 5.75 Å². The van der Waals surface area contributed by atoms with Crippen molar-refractivity contribution in [3.8, 4) is 0 Å². The lowest BCUT2D eigenvalue weighted by Gasteiger charge is -1.95. The van der Waals surface area contributed by atoms with Crippen molar-refractivity contribution in [2.45, 2.75) is 27.7 Å². The summed E-state index contributed by atoms with van der Waals surface area (Å²) in [5.41, 5.74) is 1.19. The monoisotopic (exact) mass is 198 g/mol. The lowest BCUT2D eigenvalue weighted by molar-refractivity contribution is 1.49. The highest BCUT2D eigenvalue weighted by Crippen LogP contribution is 2.06. The van der Waals surface area contributed by atoms with Crippen LogP contribution in [0.2, 0.25) is 0 Å². The molecule has 0 rings (SSSR count). The molecule has 0 N–H and O–H groups in total. The molecule has 0 aromatic heterocycles. The molecular weight excluding hydrogens is 176 g/mol. The van der Waals surface area contributed by atoms with Gasteiger partial charge >= 0.3 is 0 Å². The minimum Gasteiger partial charge on any atom is -0.158 e. The maximum absolute atomic E-state index is 3.92. The van der Waals surface area contributed by atoms with E-state index in [4.69, 9.17) is 0 Å². The van der Waals surface area contributed by atoms with E-state index in [0.717, 1.165) is 11.5 Å². The van der Waals surface area contributed by atoms with Gasteiger partial charge in [0.2, 0.25) is 0 Å². The van der Waals surface area contributed by atoms with E-state index in [2.05, 4.69) is 19.6 Å². The first-order valence-electron chi connectivity index (χ1n) is 4.86. The van der Waals surface area contributed by atoms with Gasteiger partial charge in [-0.3, -0.25) is 0 Å². The maximum Gasteiger partial charge on any atom is 0.0178 e. The highest BCUT2D eigenvalue weighted by molar-refractivity contribution is 7.99. The fraction of sp³-hybridized carbons (Fsp3) is 0.500. The van der Waals surface area contributed by atoms with Crippen LogP contribution in [0.3, 0.4) is 0 Å². The molecule has 0 nitrogen and oxygen atoms in total. The van der Waals surface area contributed by atoms with Crippen LogP contribution in [-0.2, 0) is 0 Å². The predicted molar refractivity (Wildman–Crippen MR) is 67.4 cm³/mol. The summed E-state index contributed by atoms with van der Waals surface area (Å²) in [5.74, 6) is 2.21. The Labute approximate surface area is 87.8 Å². The maximum atomic E-state index is 3.92. The molecule has 0 aromatic rings. The Morgan fingerprint density at radius 1 is 1.31 bits per heavy atom. The Balaban J connectivity index is 0. The van der Waals surface area contributed by atoms with Crippen LogP contribution >= 0.6 is 11.8 Å². The molecule has 0 aliphatic rings. The summed E-state index contributed by atoms with van der Waals surface area (Å²) < 4.78 is 0. The Bertz CT molecular complexity index is 155. The molecule has 0 fully saturated rings. The fourth-order valence-electron chi connectivity index (χ4n) is 0.584. The van der Waals surface area contributed by atoms with E-state index in [9.17, 15) is 0 Å². The summed E-state index contributed by atoms with van der Waals surface area (Å²) in [6, 6.07) is 0. The number of rotatable bonds is 5. The molecule has 1 heteroatoms. The molecule has 0 saturated carbocycles. The van der Waals surface area contributed by atoms with Crippen LogP contribution in [-0.4, -0.2) is 11.5 Å². The van der Waals surface area contributed by atoms with Gasteiger partial charge in [0.15, 0.2) is 0 Å². The van der Waals surface area contributed by atoms with Crippen molar-refractivity contribution in [1.29, 1.82) is 0 Å². The van der Waals surface area contributed by atoms with Crippen molar-refractivity contribution in [2.24, 2.45) is 0 Å². The van der Waals surface area contributed by atoms with E-state index in [1.807, 2.05) is 50.8 Å². The van der Waals surface area contributed by atoms with Crippen LogP contribution in [0.15, 0.2) is 36.5 Å². The smallest absolute Gasteiger partial charge is 0.0178 e. The molecule has 0 aliphatic carbocycles. The van der Waals surface area contributed by atoms with Gasteiger partial charge < -0.3 is 0 Å². The van der Waals surface area contributed by atoms with Gasteiger partial charge in [0.05, 0.1) is 0 Å². The zero-order chi connectivity index (χ0) is 10.5. The van der Waals surface area contributed by atoms with Gasteiger partial charge in [-0.15, -0.1) is 0 Å². The highest BCUT2D eigenvalue weighted by Gasteiger charge is 1.85. The minimum absolute atomic E-state index is 1.05. The number of hydrogen-bond acceptors (Lipinski definition) is 1. The van der Waals surface area contributed by atoms with Crippen LogP contribution in [0.5, 0.6) is 0 Å². The second-order valence-electron chi connectivity index (χ2n) is 2.18. The zero-order valence-electron chi connectivity index (χ0n) is 9.34. The lowest BCUT2D eigenvalue weighted by Crippen LogP contribution is -1.80. The molecule has 0 spiro atoms. The summed E-state index contributed by atoms with van der Waals surface area (Å²) >= 11 is 1.90. The second kappa shape index (κ2) is 14.1. The molecule has 0 amide bonds. The summed E-state index contributed by atoms with van der Waals surface area (Å²) in [7, 11) is 0.